The fourth-order valence-electron chi connectivity index (χ4n) is 10.1. The molecule has 5 heterocycles. The predicted molar refractivity (Wildman–Crippen MR) is 227 cm³/mol. The topological polar surface area (TPSA) is 263 Å². The Bertz CT molecular complexity index is 1730. The number of nitrogens with zero attached hydrogens (tertiary/aromatic N) is 4. The van der Waals surface area contributed by atoms with Crippen LogP contribution < -0.4 is 5.32 Å². The van der Waals surface area contributed by atoms with Crippen molar-refractivity contribution in [1.82, 2.24) is 25.2 Å². The number of hydrogen-bond acceptors (Lipinski definition) is 18. The van der Waals surface area contributed by atoms with Crippen molar-refractivity contribution in [2.75, 3.05) is 27.2 Å². The van der Waals surface area contributed by atoms with Gasteiger partial charge in [0.2, 0.25) is 0 Å². The Hall–Kier alpha value is -2.89. The Morgan fingerprint density at radius 3 is 2.27 bits per heavy atom. The summed E-state index contributed by atoms with van der Waals surface area (Å²) in [6.45, 7) is 17.4. The van der Waals surface area contributed by atoms with Gasteiger partial charge in [0.25, 0.3) is 0 Å². The molecule has 1 aromatic rings. The number of rotatable bonds is 12. The number of aliphatic hydroxyl groups excluding tert-OH is 3. The second-order valence-corrected chi connectivity index (χ2v) is 19.6. The fraction of sp³-hybridized carbons (Fsp3) is 0.886. The molecule has 20 nitrogen and oxygen atoms in total. The molecule has 1 amide bonds. The van der Waals surface area contributed by atoms with Gasteiger partial charge in [-0.2, -0.15) is 0 Å². The van der Waals surface area contributed by atoms with E-state index in [0.717, 1.165) is 0 Å². The monoisotopic (exact) mass is 914 g/mol. The largest absolute Gasteiger partial charge is 0.459 e. The summed E-state index contributed by atoms with van der Waals surface area (Å²) in [6.07, 6.45) is -9.17. The lowest BCUT2D eigenvalue weighted by molar-refractivity contribution is -0.318. The number of amides is 1. The molecule has 20 heteroatoms. The van der Waals surface area contributed by atoms with Crippen LogP contribution in [0, 0.1) is 23.7 Å². The number of nitrogens with one attached hydrogen (secondary N) is 1. The highest BCUT2D eigenvalue weighted by Gasteiger charge is 2.53. The number of likely N-dealkylation sites (N-methyl/N-ethyl adjacent to an activating group) is 1. The highest BCUT2D eigenvalue weighted by molar-refractivity contribution is 5.83. The number of methoxy groups -OCH3 is 1. The highest BCUT2D eigenvalue weighted by atomic mass is 16.7. The third-order valence-electron chi connectivity index (χ3n) is 14.2. The summed E-state index contributed by atoms with van der Waals surface area (Å²) in [5.41, 5.74) is -4.30. The Kier molecular flexibility index (Phi) is 17.1. The summed E-state index contributed by atoms with van der Waals surface area (Å²) in [6, 6.07) is -0.482. The molecule has 1 unspecified atom stereocenters. The normalized spacial score (nSPS) is 44.2. The first-order valence-electron chi connectivity index (χ1n) is 22.8. The van der Waals surface area contributed by atoms with Crippen molar-refractivity contribution >= 4 is 17.8 Å². The van der Waals surface area contributed by atoms with Gasteiger partial charge in [-0.25, -0.2) is 9.48 Å². The molecular formula is C44H75N5O15. The van der Waals surface area contributed by atoms with E-state index in [-0.39, 0.29) is 25.4 Å². The van der Waals surface area contributed by atoms with Crippen molar-refractivity contribution in [3.05, 3.63) is 11.9 Å². The lowest BCUT2D eigenvalue weighted by Gasteiger charge is -2.49. The summed E-state index contributed by atoms with van der Waals surface area (Å²) in [5.74, 6) is -5.26. The molecule has 366 valence electrons. The number of Topliss-reactive ketones (excluding diaryl/α,β-unsaturated/α-hetero) is 1. The van der Waals surface area contributed by atoms with Gasteiger partial charge in [-0.15, -0.1) is 5.10 Å². The van der Waals surface area contributed by atoms with E-state index in [4.69, 9.17) is 33.2 Å². The van der Waals surface area contributed by atoms with Gasteiger partial charge in [-0.05, 0) is 67.9 Å². The first-order chi connectivity index (χ1) is 29.8. The maximum atomic E-state index is 14.3. The minimum absolute atomic E-state index is 0.0591. The van der Waals surface area contributed by atoms with E-state index in [1.165, 1.54) is 27.9 Å². The maximum Gasteiger partial charge on any atom is 0.407 e. The second-order valence-electron chi connectivity index (χ2n) is 19.6. The third-order valence-corrected chi connectivity index (χ3v) is 14.2. The van der Waals surface area contributed by atoms with Crippen molar-refractivity contribution in [2.45, 2.75) is 198 Å². The minimum Gasteiger partial charge on any atom is -0.459 e. The smallest absolute Gasteiger partial charge is 0.407 e. The predicted octanol–water partition coefficient (Wildman–Crippen LogP) is 1.10. The number of esters is 1. The fourth-order valence-corrected chi connectivity index (χ4v) is 10.1. The van der Waals surface area contributed by atoms with Crippen LogP contribution in [0.5, 0.6) is 0 Å². The average molecular weight is 914 g/mol. The van der Waals surface area contributed by atoms with Gasteiger partial charge in [0.1, 0.15) is 35.8 Å². The van der Waals surface area contributed by atoms with E-state index in [1.54, 1.807) is 52.4 Å². The van der Waals surface area contributed by atoms with Gasteiger partial charge in [0.15, 0.2) is 12.6 Å². The molecule has 19 atom stereocenters. The molecule has 4 fully saturated rings. The number of ketones is 1. The Morgan fingerprint density at radius 1 is 0.953 bits per heavy atom. The van der Waals surface area contributed by atoms with Crippen LogP contribution in [0.3, 0.4) is 0 Å². The van der Waals surface area contributed by atoms with E-state index >= 15 is 0 Å². The van der Waals surface area contributed by atoms with Crippen LogP contribution >= 0.6 is 0 Å². The highest BCUT2D eigenvalue weighted by Crippen LogP contribution is 2.41. The van der Waals surface area contributed by atoms with Gasteiger partial charge >= 0.3 is 12.1 Å². The van der Waals surface area contributed by atoms with E-state index in [9.17, 15) is 39.9 Å². The number of aromatic nitrogens is 3. The average Bonchev–Trinajstić information content (AvgIpc) is 3.88. The van der Waals surface area contributed by atoms with Crippen LogP contribution in [0.25, 0.3) is 0 Å². The van der Waals surface area contributed by atoms with Crippen LogP contribution in [0.1, 0.15) is 101 Å². The lowest BCUT2D eigenvalue weighted by Crippen LogP contribution is -2.61. The number of carbonyl (C=O) groups is 3. The number of alkyl carbamates (subject to hydrolysis) is 1. The molecule has 1 aromatic heterocycles. The minimum atomic E-state index is -2.03. The van der Waals surface area contributed by atoms with E-state index in [0.29, 0.717) is 38.2 Å². The molecule has 0 radical (unpaired) electrons. The van der Waals surface area contributed by atoms with Crippen molar-refractivity contribution < 1.29 is 73.1 Å². The molecule has 4 aliphatic heterocycles. The molecule has 6 N–H and O–H groups in total. The van der Waals surface area contributed by atoms with Crippen LogP contribution in [0.15, 0.2) is 6.20 Å². The van der Waals surface area contributed by atoms with Crippen LogP contribution in [-0.2, 0) is 55.7 Å². The number of cyclic esters (lactones) is 2. The first-order valence-corrected chi connectivity index (χ1v) is 22.8. The molecule has 4 saturated heterocycles. The van der Waals surface area contributed by atoms with Crippen molar-refractivity contribution in [3.8, 4) is 0 Å². The quantitative estimate of drug-likeness (QED) is 0.160. The van der Waals surface area contributed by atoms with Crippen molar-refractivity contribution in [2.24, 2.45) is 23.7 Å². The zero-order chi connectivity index (χ0) is 47.6. The summed E-state index contributed by atoms with van der Waals surface area (Å²) in [5, 5.41) is 70.0. The SMILES string of the molecule is CC[C@H]1OC(=O)[C@H](C)[C@@H](O[C@H]2C[C@@](C)(OC)[C@@H](O)[C@H](C)O2)[C@H](C)[C@@H](O[C@@H]2O[C@H](C)CC(N(C)CCc3cn(C[C@H]4CNC(=O)O4)nn3)[C@H]2O)[C@](C)(O)C[C@@H](C)C(=O)[C@H](C)[C@@H](O)[C@]1(C)O. The molecule has 0 aliphatic carbocycles. The van der Waals surface area contributed by atoms with E-state index < -0.39 is 126 Å². The Morgan fingerprint density at radius 2 is 1.64 bits per heavy atom. The molecule has 0 aromatic carbocycles. The van der Waals surface area contributed by atoms with Crippen LogP contribution in [0.4, 0.5) is 4.79 Å². The molecular weight excluding hydrogens is 839 g/mol. The summed E-state index contributed by atoms with van der Waals surface area (Å²) < 4.78 is 44.5. The maximum absolute atomic E-state index is 14.3. The van der Waals surface area contributed by atoms with Crippen LogP contribution in [0.2, 0.25) is 0 Å². The molecule has 0 spiro atoms. The van der Waals surface area contributed by atoms with Gasteiger partial charge in [0, 0.05) is 56.5 Å². The standard InChI is InChI=1S/C44H75N5O15/c1-13-31-44(10,57)36(52)24(4)33(50)22(2)17-42(8,56)38(25(5)35(26(6)39(54)62-31)63-32-18-43(9,58-12)37(53)27(7)60-32)64-40-34(51)30(16-23(3)59-40)48(11)15-14-28-20-49(47-46-28)21-29-19-45-41(55)61-29/h20,22-27,29-32,34-38,40,51-53,56-57H,13-19,21H2,1-12H3,(H,45,55)/t22-,23-,24+,25+,26-,27+,29-,30?,31-,32+,34-,35+,36-,37+,38-,40+,42-,43-,44-/m1/s1. The molecule has 4 aliphatic rings. The van der Waals surface area contributed by atoms with Gasteiger partial charge in [-0.3, -0.25) is 9.59 Å². The number of carbonyl (C=O) groups excluding carboxylic acids is 3. The Balaban J connectivity index is 1.46. The summed E-state index contributed by atoms with van der Waals surface area (Å²) >= 11 is 0. The summed E-state index contributed by atoms with van der Waals surface area (Å²) in [4.78, 5) is 41.8. The van der Waals surface area contributed by atoms with Crippen molar-refractivity contribution in [3.63, 3.8) is 0 Å². The zero-order valence-electron chi connectivity index (χ0n) is 39.6. The number of aliphatic hydroxyl groups is 5. The lowest BCUT2D eigenvalue weighted by atomic mass is 9.74. The van der Waals surface area contributed by atoms with Gasteiger partial charge < -0.3 is 68.9 Å². The van der Waals surface area contributed by atoms with E-state index in [2.05, 4.69) is 15.6 Å². The van der Waals surface area contributed by atoms with Crippen LogP contribution in [-0.4, -0.2) is 181 Å². The summed E-state index contributed by atoms with van der Waals surface area (Å²) in [7, 11) is 3.34. The second kappa shape index (κ2) is 21.0. The van der Waals surface area contributed by atoms with E-state index in [1.807, 2.05) is 18.9 Å². The Labute approximate surface area is 376 Å². The number of ether oxygens (including phenoxy) is 7. The molecule has 0 bridgehead atoms. The van der Waals surface area contributed by atoms with Gasteiger partial charge in [0.05, 0.1) is 66.4 Å². The van der Waals surface area contributed by atoms with Gasteiger partial charge in [-0.1, -0.05) is 32.9 Å². The molecule has 64 heavy (non-hydrogen) atoms. The number of hydrogen-bond donors (Lipinski definition) is 6. The van der Waals surface area contributed by atoms with Crippen molar-refractivity contribution in [1.29, 1.82) is 0 Å². The molecule has 0 saturated carbocycles. The first kappa shape index (κ1) is 52.1. The molecule has 5 rings (SSSR count). The third kappa shape index (κ3) is 11.6. The zero-order valence-corrected chi connectivity index (χ0v) is 39.6.